The second-order valence-corrected chi connectivity index (χ2v) is 8.06. The first-order valence-electron chi connectivity index (χ1n) is 9.17. The van der Waals surface area contributed by atoms with E-state index in [0.717, 1.165) is 6.07 Å². The summed E-state index contributed by atoms with van der Waals surface area (Å²) in [5, 5.41) is 32.9. The van der Waals surface area contributed by atoms with Crippen LogP contribution in [0.25, 0.3) is 0 Å². The number of allylic oxidation sites excluding steroid dienone is 1. The highest BCUT2D eigenvalue weighted by molar-refractivity contribution is 7.85. The van der Waals surface area contributed by atoms with E-state index in [1.807, 2.05) is 0 Å². The monoisotopic (exact) mass is 477 g/mol. The number of nitro benzene ring substituents is 1. The van der Waals surface area contributed by atoms with Crippen molar-refractivity contribution in [2.24, 2.45) is 10.2 Å². The number of non-ortho nitro benzene ring substituents is 1. The topological polar surface area (TPSA) is 201 Å². The molecule has 2 rings (SSSR count). The summed E-state index contributed by atoms with van der Waals surface area (Å²) in [5.74, 6) is -2.63. The van der Waals surface area contributed by atoms with Crippen LogP contribution in [0.15, 0.2) is 70.2 Å². The van der Waals surface area contributed by atoms with E-state index in [2.05, 4.69) is 20.9 Å². The lowest BCUT2D eigenvalue weighted by Crippen LogP contribution is -2.28. The van der Waals surface area contributed by atoms with E-state index < -0.39 is 44.1 Å². The largest absolute Gasteiger partial charge is 0.510 e. The summed E-state index contributed by atoms with van der Waals surface area (Å²) in [5.41, 5.74) is -0.364. The van der Waals surface area contributed by atoms with Crippen molar-refractivity contribution < 1.29 is 32.6 Å². The molecule has 0 spiro atoms. The third-order valence-corrected chi connectivity index (χ3v) is 4.61. The van der Waals surface area contributed by atoms with Gasteiger partial charge in [-0.3, -0.25) is 24.3 Å². The van der Waals surface area contributed by atoms with Crippen molar-refractivity contribution in [3.8, 4) is 0 Å². The molecule has 2 amide bonds. The van der Waals surface area contributed by atoms with Crippen LogP contribution in [0, 0.1) is 10.1 Å². The molecule has 0 radical (unpaired) electrons. The van der Waals surface area contributed by atoms with Crippen LogP contribution in [0.1, 0.15) is 17.3 Å². The molecule has 0 aliphatic rings. The number of anilines is 1. The Kier molecular flexibility index (Phi) is 8.30. The molecular weight excluding hydrogens is 458 g/mol. The van der Waals surface area contributed by atoms with Crippen LogP contribution in [0.4, 0.5) is 17.1 Å². The Morgan fingerprint density at radius 1 is 1.15 bits per heavy atom. The Balaban J connectivity index is 2.13. The highest BCUT2D eigenvalue weighted by Crippen LogP contribution is 2.20. The number of hydrogen-bond acceptors (Lipinski definition) is 9. The molecule has 2 aromatic carbocycles. The van der Waals surface area contributed by atoms with Gasteiger partial charge in [-0.2, -0.15) is 13.5 Å². The molecule has 0 fully saturated rings. The summed E-state index contributed by atoms with van der Waals surface area (Å²) in [6, 6.07) is 10.8. The summed E-state index contributed by atoms with van der Waals surface area (Å²) < 4.78 is 30.1. The van der Waals surface area contributed by atoms with E-state index in [1.165, 1.54) is 49.4 Å². The van der Waals surface area contributed by atoms with Crippen molar-refractivity contribution in [2.45, 2.75) is 6.92 Å². The lowest BCUT2D eigenvalue weighted by Gasteiger charge is -2.06. The molecule has 14 heteroatoms. The van der Waals surface area contributed by atoms with Gasteiger partial charge in [0.05, 0.1) is 16.4 Å². The standard InChI is InChI=1S/C19H19N5O8S/c1-12(25)17(19(27)21-14-5-3-7-16(11-14)24(28)29)23-22-15-6-2-4-13(10-15)18(26)20-8-9-33(30,31)32/h2-7,10-11,25H,8-9H2,1H3,(H,20,26)(H,21,27)(H,30,31,32). The lowest BCUT2D eigenvalue weighted by atomic mass is 10.2. The van der Waals surface area contributed by atoms with E-state index in [-0.39, 0.29) is 29.2 Å². The van der Waals surface area contributed by atoms with Gasteiger partial charge in [0.1, 0.15) is 5.76 Å². The first-order valence-corrected chi connectivity index (χ1v) is 10.8. The number of aliphatic hydroxyl groups is 1. The number of nitro groups is 1. The first-order chi connectivity index (χ1) is 15.5. The van der Waals surface area contributed by atoms with Crippen LogP contribution in [-0.2, 0) is 14.9 Å². The van der Waals surface area contributed by atoms with Crippen LogP contribution in [0.2, 0.25) is 0 Å². The van der Waals surface area contributed by atoms with Gasteiger partial charge < -0.3 is 15.7 Å². The van der Waals surface area contributed by atoms with Crippen LogP contribution < -0.4 is 10.6 Å². The fraction of sp³-hybridized carbons (Fsp3) is 0.158. The maximum Gasteiger partial charge on any atom is 0.279 e. The molecule has 2 aromatic rings. The van der Waals surface area contributed by atoms with Crippen molar-refractivity contribution in [1.82, 2.24) is 5.32 Å². The van der Waals surface area contributed by atoms with Crippen molar-refractivity contribution in [1.29, 1.82) is 0 Å². The molecule has 13 nitrogen and oxygen atoms in total. The van der Waals surface area contributed by atoms with Gasteiger partial charge in [-0.1, -0.05) is 12.1 Å². The Bertz CT molecular complexity index is 1240. The normalized spacial score (nSPS) is 12.2. The molecule has 0 heterocycles. The van der Waals surface area contributed by atoms with Crippen molar-refractivity contribution in [3.63, 3.8) is 0 Å². The van der Waals surface area contributed by atoms with Gasteiger partial charge in [-0.05, 0) is 31.2 Å². The van der Waals surface area contributed by atoms with Gasteiger partial charge in [0, 0.05) is 29.9 Å². The molecule has 0 bridgehead atoms. The zero-order valence-electron chi connectivity index (χ0n) is 17.1. The van der Waals surface area contributed by atoms with Gasteiger partial charge in [0.25, 0.3) is 27.6 Å². The average Bonchev–Trinajstić information content (AvgIpc) is 2.73. The van der Waals surface area contributed by atoms with Crippen LogP contribution >= 0.6 is 0 Å². The number of carbonyl (C=O) groups is 2. The number of hydrogen-bond donors (Lipinski definition) is 4. The fourth-order valence-electron chi connectivity index (χ4n) is 2.38. The molecule has 33 heavy (non-hydrogen) atoms. The van der Waals surface area contributed by atoms with Crippen LogP contribution in [0.3, 0.4) is 0 Å². The summed E-state index contributed by atoms with van der Waals surface area (Å²) in [7, 11) is -4.22. The number of azo groups is 1. The molecule has 0 aliphatic carbocycles. The van der Waals surface area contributed by atoms with Gasteiger partial charge in [-0.25, -0.2) is 0 Å². The Labute approximate surface area is 187 Å². The quantitative estimate of drug-likeness (QED) is 0.105. The van der Waals surface area contributed by atoms with E-state index in [1.54, 1.807) is 0 Å². The minimum Gasteiger partial charge on any atom is -0.510 e. The second kappa shape index (κ2) is 10.9. The highest BCUT2D eigenvalue weighted by Gasteiger charge is 2.15. The molecular formula is C19H19N5O8S. The van der Waals surface area contributed by atoms with Gasteiger partial charge in [-0.15, -0.1) is 5.11 Å². The number of nitrogens with zero attached hydrogens (tertiary/aromatic N) is 3. The maximum absolute atomic E-state index is 12.4. The van der Waals surface area contributed by atoms with Crippen molar-refractivity contribution in [2.75, 3.05) is 17.6 Å². The second-order valence-electron chi connectivity index (χ2n) is 6.49. The predicted molar refractivity (Wildman–Crippen MR) is 117 cm³/mol. The van der Waals surface area contributed by atoms with Gasteiger partial charge in [0.2, 0.25) is 0 Å². The third-order valence-electron chi connectivity index (χ3n) is 3.89. The third kappa shape index (κ3) is 8.12. The number of aliphatic hydroxyl groups excluding tert-OH is 1. The number of rotatable bonds is 9. The zero-order valence-corrected chi connectivity index (χ0v) is 17.9. The smallest absolute Gasteiger partial charge is 0.279 e. The fourth-order valence-corrected chi connectivity index (χ4v) is 2.74. The predicted octanol–water partition coefficient (Wildman–Crippen LogP) is 2.72. The summed E-state index contributed by atoms with van der Waals surface area (Å²) in [6.45, 7) is 0.887. The summed E-state index contributed by atoms with van der Waals surface area (Å²) in [6.07, 6.45) is 0. The van der Waals surface area contributed by atoms with Gasteiger partial charge in [0.15, 0.2) is 5.70 Å². The number of carbonyl (C=O) groups excluding carboxylic acids is 2. The molecule has 0 saturated carbocycles. The minimum absolute atomic E-state index is 0.103. The number of benzene rings is 2. The van der Waals surface area contributed by atoms with Crippen molar-refractivity contribution in [3.05, 3.63) is 75.7 Å². The Morgan fingerprint density at radius 2 is 1.85 bits per heavy atom. The molecule has 4 N–H and O–H groups in total. The number of amides is 2. The Hall–Kier alpha value is -4.17. The first kappa shape index (κ1) is 25.1. The molecule has 0 aliphatic heterocycles. The summed E-state index contributed by atoms with van der Waals surface area (Å²) >= 11 is 0. The van der Waals surface area contributed by atoms with Crippen molar-refractivity contribution >= 4 is 39.0 Å². The molecule has 0 saturated heterocycles. The maximum atomic E-state index is 12.4. The Morgan fingerprint density at radius 3 is 2.48 bits per heavy atom. The van der Waals surface area contributed by atoms with E-state index in [9.17, 15) is 33.2 Å². The van der Waals surface area contributed by atoms with E-state index in [4.69, 9.17) is 4.55 Å². The van der Waals surface area contributed by atoms with Gasteiger partial charge >= 0.3 is 0 Å². The minimum atomic E-state index is -4.22. The van der Waals surface area contributed by atoms with E-state index >= 15 is 0 Å². The van der Waals surface area contributed by atoms with E-state index in [0.29, 0.717) is 0 Å². The highest BCUT2D eigenvalue weighted by atomic mass is 32.2. The SMILES string of the molecule is CC(O)=C(N=Nc1cccc(C(=O)NCCS(=O)(=O)O)c1)C(=O)Nc1cccc([N+](=O)[O-])c1. The molecule has 0 unspecified atom stereocenters. The molecule has 174 valence electrons. The number of nitrogens with one attached hydrogen (secondary N) is 2. The average molecular weight is 477 g/mol. The van der Waals surface area contributed by atoms with Crippen LogP contribution in [-0.4, -0.2) is 47.1 Å². The summed E-state index contributed by atoms with van der Waals surface area (Å²) in [4.78, 5) is 34.8. The molecule has 0 aromatic heterocycles. The van der Waals surface area contributed by atoms with Crippen LogP contribution in [0.5, 0.6) is 0 Å². The zero-order chi connectivity index (χ0) is 24.6. The lowest BCUT2D eigenvalue weighted by molar-refractivity contribution is -0.384. The molecule has 0 atom stereocenters.